The van der Waals surface area contributed by atoms with Crippen LogP contribution in [0.15, 0.2) is 42.0 Å². The van der Waals surface area contributed by atoms with E-state index in [0.717, 1.165) is 22.5 Å². The number of thiazole rings is 1. The second kappa shape index (κ2) is 3.57. The Labute approximate surface area is 96.0 Å². The fourth-order valence-electron chi connectivity index (χ4n) is 1.76. The number of carbonyl (C=O) groups excluding carboxylic acids is 1. The van der Waals surface area contributed by atoms with Crippen molar-refractivity contribution >= 4 is 22.6 Å². The molecule has 0 atom stereocenters. The molecule has 3 rings (SSSR count). The molecule has 2 aromatic heterocycles. The zero-order chi connectivity index (χ0) is 11.0. The van der Waals surface area contributed by atoms with Gasteiger partial charge < -0.3 is 0 Å². The van der Waals surface area contributed by atoms with Crippen LogP contribution in [0.2, 0.25) is 0 Å². The number of imidazole rings is 1. The maximum atomic E-state index is 11.0. The van der Waals surface area contributed by atoms with Crippen LogP contribution in [0.3, 0.4) is 0 Å². The number of nitrogens with zero attached hydrogens (tertiary/aromatic N) is 2. The van der Waals surface area contributed by atoms with E-state index in [0.29, 0.717) is 5.56 Å². The summed E-state index contributed by atoms with van der Waals surface area (Å²) >= 11 is 1.58. The first kappa shape index (κ1) is 9.30. The highest BCUT2D eigenvalue weighted by molar-refractivity contribution is 7.15. The van der Waals surface area contributed by atoms with Gasteiger partial charge in [-0.25, -0.2) is 4.98 Å². The maximum Gasteiger partial charge on any atom is 0.194 e. The van der Waals surface area contributed by atoms with E-state index in [4.69, 9.17) is 0 Å². The van der Waals surface area contributed by atoms with Gasteiger partial charge in [0, 0.05) is 22.7 Å². The fourth-order valence-corrected chi connectivity index (χ4v) is 2.45. The molecule has 4 heteroatoms. The Kier molecular flexibility index (Phi) is 2.08. The van der Waals surface area contributed by atoms with Crippen LogP contribution in [0.4, 0.5) is 0 Å². The molecule has 0 spiro atoms. The second-order valence-electron chi connectivity index (χ2n) is 3.40. The summed E-state index contributed by atoms with van der Waals surface area (Å²) in [6, 6.07) is 7.53. The van der Waals surface area contributed by atoms with E-state index in [-0.39, 0.29) is 0 Å². The van der Waals surface area contributed by atoms with Crippen LogP contribution >= 0.6 is 11.3 Å². The normalized spacial score (nSPS) is 10.8. The molecule has 0 saturated carbocycles. The summed E-state index contributed by atoms with van der Waals surface area (Å²) in [5.74, 6) is 0. The lowest BCUT2D eigenvalue weighted by molar-refractivity contribution is 0.112. The van der Waals surface area contributed by atoms with Gasteiger partial charge in [-0.05, 0) is 0 Å². The van der Waals surface area contributed by atoms with Crippen LogP contribution in [-0.2, 0) is 0 Å². The number of hydrogen-bond acceptors (Lipinski definition) is 3. The minimum Gasteiger partial charge on any atom is -0.298 e. The van der Waals surface area contributed by atoms with Crippen molar-refractivity contribution in [3.63, 3.8) is 0 Å². The third-order valence-electron chi connectivity index (χ3n) is 2.51. The third-order valence-corrected chi connectivity index (χ3v) is 3.28. The second-order valence-corrected chi connectivity index (χ2v) is 4.28. The number of hydrogen-bond donors (Lipinski definition) is 0. The molecule has 0 fully saturated rings. The number of aldehydes is 1. The standard InChI is InChI=1S/C12H8N2OS/c15-8-9-3-1-2-4-10(9)11-7-13-12-14(11)5-6-16-12/h1-8H. The summed E-state index contributed by atoms with van der Waals surface area (Å²) in [6.45, 7) is 0. The molecule has 3 nitrogen and oxygen atoms in total. The van der Waals surface area contributed by atoms with Crippen molar-refractivity contribution in [3.05, 3.63) is 47.6 Å². The summed E-state index contributed by atoms with van der Waals surface area (Å²) in [6.07, 6.45) is 4.64. The molecule has 0 aliphatic carbocycles. The number of benzene rings is 1. The Morgan fingerprint density at radius 3 is 3.06 bits per heavy atom. The molecule has 0 unspecified atom stereocenters. The fraction of sp³-hybridized carbons (Fsp3) is 0. The summed E-state index contributed by atoms with van der Waals surface area (Å²) in [4.78, 5) is 16.2. The molecule has 0 radical (unpaired) electrons. The average molecular weight is 228 g/mol. The quantitative estimate of drug-likeness (QED) is 0.632. The lowest BCUT2D eigenvalue weighted by Crippen LogP contribution is -1.89. The number of aromatic nitrogens is 2. The number of fused-ring (bicyclic) bond motifs is 1. The Balaban J connectivity index is 2.30. The molecular formula is C12H8N2OS. The molecule has 0 N–H and O–H groups in total. The average Bonchev–Trinajstić information content (AvgIpc) is 2.91. The number of rotatable bonds is 2. The van der Waals surface area contributed by atoms with Gasteiger partial charge >= 0.3 is 0 Å². The van der Waals surface area contributed by atoms with Gasteiger partial charge in [-0.15, -0.1) is 11.3 Å². The van der Waals surface area contributed by atoms with E-state index in [1.165, 1.54) is 0 Å². The van der Waals surface area contributed by atoms with Crippen LogP contribution in [0.1, 0.15) is 10.4 Å². The topological polar surface area (TPSA) is 34.4 Å². The van der Waals surface area contributed by atoms with E-state index >= 15 is 0 Å². The van der Waals surface area contributed by atoms with Gasteiger partial charge in [0.1, 0.15) is 0 Å². The van der Waals surface area contributed by atoms with Crippen LogP contribution in [0.25, 0.3) is 16.2 Å². The lowest BCUT2D eigenvalue weighted by atomic mass is 10.1. The van der Waals surface area contributed by atoms with Gasteiger partial charge in [0.05, 0.1) is 11.9 Å². The highest BCUT2D eigenvalue weighted by atomic mass is 32.1. The maximum absolute atomic E-state index is 11.0. The van der Waals surface area contributed by atoms with Gasteiger partial charge in [-0.3, -0.25) is 9.20 Å². The third kappa shape index (κ3) is 1.27. The van der Waals surface area contributed by atoms with E-state index in [1.807, 2.05) is 40.2 Å². The molecule has 0 saturated heterocycles. The summed E-state index contributed by atoms with van der Waals surface area (Å²) in [5.41, 5.74) is 2.57. The van der Waals surface area contributed by atoms with E-state index in [1.54, 1.807) is 17.5 Å². The summed E-state index contributed by atoms with van der Waals surface area (Å²) < 4.78 is 1.99. The first-order valence-electron chi connectivity index (χ1n) is 4.85. The largest absolute Gasteiger partial charge is 0.298 e. The minimum absolute atomic E-state index is 0.690. The highest BCUT2D eigenvalue weighted by Crippen LogP contribution is 2.25. The molecule has 3 aromatic rings. The zero-order valence-electron chi connectivity index (χ0n) is 8.33. The van der Waals surface area contributed by atoms with Crippen LogP contribution < -0.4 is 0 Å². The van der Waals surface area contributed by atoms with Gasteiger partial charge in [0.25, 0.3) is 0 Å². The van der Waals surface area contributed by atoms with Crippen molar-refractivity contribution < 1.29 is 4.79 Å². The SMILES string of the molecule is O=Cc1ccccc1-c1cnc2sccn12. The number of carbonyl (C=O) groups is 1. The van der Waals surface area contributed by atoms with Gasteiger partial charge in [-0.1, -0.05) is 24.3 Å². The first-order chi connectivity index (χ1) is 7.90. The van der Waals surface area contributed by atoms with E-state index in [9.17, 15) is 4.79 Å². The first-order valence-corrected chi connectivity index (χ1v) is 5.73. The Morgan fingerprint density at radius 1 is 1.31 bits per heavy atom. The van der Waals surface area contributed by atoms with E-state index in [2.05, 4.69) is 4.98 Å². The molecule has 78 valence electrons. The Hall–Kier alpha value is -1.94. The summed E-state index contributed by atoms with van der Waals surface area (Å²) in [7, 11) is 0. The van der Waals surface area contributed by atoms with Crippen molar-refractivity contribution in [2.45, 2.75) is 0 Å². The molecule has 0 aliphatic rings. The van der Waals surface area contributed by atoms with Crippen LogP contribution in [0, 0.1) is 0 Å². The molecular weight excluding hydrogens is 220 g/mol. The predicted octanol–water partition coefficient (Wildman–Crippen LogP) is 2.88. The molecule has 0 amide bonds. The Morgan fingerprint density at radius 2 is 2.19 bits per heavy atom. The van der Waals surface area contributed by atoms with Crippen molar-refractivity contribution in [1.82, 2.24) is 9.38 Å². The lowest BCUT2D eigenvalue weighted by Gasteiger charge is -2.02. The van der Waals surface area contributed by atoms with Crippen LogP contribution in [-0.4, -0.2) is 15.7 Å². The monoisotopic (exact) mass is 228 g/mol. The molecule has 1 aromatic carbocycles. The molecule has 16 heavy (non-hydrogen) atoms. The molecule has 2 heterocycles. The molecule has 0 bridgehead atoms. The Bertz CT molecular complexity index is 654. The summed E-state index contributed by atoms with van der Waals surface area (Å²) in [5, 5.41) is 1.98. The van der Waals surface area contributed by atoms with Gasteiger partial charge in [-0.2, -0.15) is 0 Å². The van der Waals surface area contributed by atoms with Crippen molar-refractivity contribution in [3.8, 4) is 11.3 Å². The smallest absolute Gasteiger partial charge is 0.194 e. The predicted molar refractivity (Wildman–Crippen MR) is 63.9 cm³/mol. The van der Waals surface area contributed by atoms with E-state index < -0.39 is 0 Å². The van der Waals surface area contributed by atoms with Crippen molar-refractivity contribution in [2.24, 2.45) is 0 Å². The zero-order valence-corrected chi connectivity index (χ0v) is 9.15. The highest BCUT2D eigenvalue weighted by Gasteiger charge is 2.09. The van der Waals surface area contributed by atoms with Crippen molar-refractivity contribution in [2.75, 3.05) is 0 Å². The minimum atomic E-state index is 0.690. The van der Waals surface area contributed by atoms with Crippen LogP contribution in [0.5, 0.6) is 0 Å². The van der Waals surface area contributed by atoms with Crippen molar-refractivity contribution in [1.29, 1.82) is 0 Å². The molecule has 0 aliphatic heterocycles. The van der Waals surface area contributed by atoms with Gasteiger partial charge in [0.15, 0.2) is 11.2 Å². The van der Waals surface area contributed by atoms with Gasteiger partial charge in [0.2, 0.25) is 0 Å².